The average molecular weight is 366 g/mol. The number of carbonyl (C=O) groups excluding carboxylic acids is 1. The smallest absolute Gasteiger partial charge is 0.319 e. The van der Waals surface area contributed by atoms with Crippen molar-refractivity contribution in [3.05, 3.63) is 54.3 Å². The van der Waals surface area contributed by atoms with Crippen molar-refractivity contribution in [3.63, 3.8) is 0 Å². The molecule has 4 rings (SSSR count). The highest BCUT2D eigenvalue weighted by atomic mass is 16.5. The van der Waals surface area contributed by atoms with Gasteiger partial charge in [0, 0.05) is 29.6 Å². The maximum atomic E-state index is 12.1. The number of nitrogens with one attached hydrogen (secondary N) is 2. The number of aromatic nitrogens is 2. The molecule has 27 heavy (non-hydrogen) atoms. The van der Waals surface area contributed by atoms with E-state index in [-0.39, 0.29) is 12.1 Å². The summed E-state index contributed by atoms with van der Waals surface area (Å²) in [5.74, 6) is 2.57. The van der Waals surface area contributed by atoms with Gasteiger partial charge in [-0.3, -0.25) is 0 Å². The molecule has 0 saturated heterocycles. The normalized spacial score (nSPS) is 15.1. The highest BCUT2D eigenvalue weighted by Gasteiger charge is 2.25. The molecule has 1 saturated carbocycles. The molecule has 0 unspecified atom stereocenters. The van der Waals surface area contributed by atoms with Crippen LogP contribution in [-0.4, -0.2) is 22.2 Å². The molecule has 1 atom stereocenters. The monoisotopic (exact) mass is 366 g/mol. The number of amides is 2. The predicted molar refractivity (Wildman–Crippen MR) is 100 cm³/mol. The number of nitrogens with zero attached hydrogens (tertiary/aromatic N) is 2. The molecule has 0 spiro atoms. The van der Waals surface area contributed by atoms with E-state index in [0.717, 1.165) is 30.1 Å². The lowest BCUT2D eigenvalue weighted by atomic mass is 9.85. The molecule has 3 aromatic rings. The van der Waals surface area contributed by atoms with Gasteiger partial charge in [0.15, 0.2) is 0 Å². The fraction of sp³-hybridized carbons (Fsp3) is 0.350. The van der Waals surface area contributed by atoms with Crippen molar-refractivity contribution >= 4 is 11.7 Å². The van der Waals surface area contributed by atoms with Crippen LogP contribution in [-0.2, 0) is 6.42 Å². The van der Waals surface area contributed by atoms with Crippen LogP contribution in [0, 0.1) is 0 Å². The predicted octanol–water partition coefficient (Wildman–Crippen LogP) is 4.35. The van der Waals surface area contributed by atoms with Gasteiger partial charge in [-0.2, -0.15) is 4.98 Å². The van der Waals surface area contributed by atoms with E-state index >= 15 is 0 Å². The summed E-state index contributed by atoms with van der Waals surface area (Å²) >= 11 is 0. The molecule has 0 bridgehead atoms. The van der Waals surface area contributed by atoms with Gasteiger partial charge in [0.25, 0.3) is 0 Å². The first-order valence-corrected chi connectivity index (χ1v) is 9.21. The van der Waals surface area contributed by atoms with Gasteiger partial charge in [0.2, 0.25) is 11.7 Å². The second-order valence-corrected chi connectivity index (χ2v) is 6.94. The van der Waals surface area contributed by atoms with Crippen LogP contribution in [0.25, 0.3) is 11.4 Å². The number of carbonyl (C=O) groups is 1. The third-order valence-electron chi connectivity index (χ3n) is 4.76. The van der Waals surface area contributed by atoms with Gasteiger partial charge in [-0.05, 0) is 56.2 Å². The lowest BCUT2D eigenvalue weighted by molar-refractivity contribution is 0.248. The van der Waals surface area contributed by atoms with E-state index < -0.39 is 0 Å². The van der Waals surface area contributed by atoms with E-state index in [9.17, 15) is 4.79 Å². The molecule has 2 aromatic heterocycles. The fourth-order valence-corrected chi connectivity index (χ4v) is 3.05. The zero-order valence-corrected chi connectivity index (χ0v) is 15.1. The molecule has 2 N–H and O–H groups in total. The Labute approximate surface area is 157 Å². The second-order valence-electron chi connectivity index (χ2n) is 6.94. The van der Waals surface area contributed by atoms with Crippen LogP contribution in [0.4, 0.5) is 10.5 Å². The van der Waals surface area contributed by atoms with E-state index in [1.807, 2.05) is 43.3 Å². The van der Waals surface area contributed by atoms with E-state index in [2.05, 4.69) is 20.8 Å². The second kappa shape index (κ2) is 7.65. The summed E-state index contributed by atoms with van der Waals surface area (Å²) < 4.78 is 10.7. The Hall–Kier alpha value is -3.09. The largest absolute Gasteiger partial charge is 0.469 e. The molecule has 1 aliphatic rings. The first-order valence-electron chi connectivity index (χ1n) is 9.21. The van der Waals surface area contributed by atoms with Crippen LogP contribution >= 0.6 is 0 Å². The first-order chi connectivity index (χ1) is 13.2. The number of hydrogen-bond acceptors (Lipinski definition) is 5. The number of hydrogen-bond donors (Lipinski definition) is 2. The first kappa shape index (κ1) is 17.3. The Kier molecular flexibility index (Phi) is 4.91. The molecular weight excluding hydrogens is 344 g/mol. The molecular formula is C20H22N4O3. The molecule has 2 amide bonds. The molecule has 7 heteroatoms. The number of furan rings is 1. The van der Waals surface area contributed by atoms with Crippen LogP contribution < -0.4 is 10.6 Å². The van der Waals surface area contributed by atoms with Gasteiger partial charge < -0.3 is 19.6 Å². The number of anilines is 1. The lowest BCUT2D eigenvalue weighted by Gasteiger charge is -2.20. The van der Waals surface area contributed by atoms with E-state index in [1.165, 1.54) is 6.42 Å². The van der Waals surface area contributed by atoms with Gasteiger partial charge in [-0.25, -0.2) is 4.79 Å². The Morgan fingerprint density at radius 1 is 1.26 bits per heavy atom. The highest BCUT2D eigenvalue weighted by molar-refractivity contribution is 5.89. The van der Waals surface area contributed by atoms with Crippen LogP contribution in [0.15, 0.2) is 51.6 Å². The Morgan fingerprint density at radius 3 is 2.74 bits per heavy atom. The molecule has 2 heterocycles. The van der Waals surface area contributed by atoms with Gasteiger partial charge >= 0.3 is 6.03 Å². The van der Waals surface area contributed by atoms with Crippen molar-refractivity contribution in [2.45, 2.75) is 44.6 Å². The standard InChI is InChI=1S/C20H22N4O3/c1-13(12-17-6-3-11-26-17)21-20(25)22-16-9-7-14(8-10-16)18-23-19(27-24-18)15-4-2-5-15/h3,6-11,13,15H,2,4-5,12H2,1H3,(H2,21,22,25)/t13-/m1/s1. The maximum Gasteiger partial charge on any atom is 0.319 e. The molecule has 1 aromatic carbocycles. The van der Waals surface area contributed by atoms with Crippen molar-refractivity contribution in [2.24, 2.45) is 0 Å². The summed E-state index contributed by atoms with van der Waals surface area (Å²) in [6.07, 6.45) is 5.74. The minimum atomic E-state index is -0.256. The minimum Gasteiger partial charge on any atom is -0.469 e. The minimum absolute atomic E-state index is 0.0420. The molecule has 140 valence electrons. The van der Waals surface area contributed by atoms with Gasteiger partial charge in [0.1, 0.15) is 5.76 Å². The molecule has 1 aliphatic carbocycles. The van der Waals surface area contributed by atoms with Gasteiger partial charge in [-0.15, -0.1) is 0 Å². The van der Waals surface area contributed by atoms with E-state index in [1.54, 1.807) is 6.26 Å². The lowest BCUT2D eigenvalue weighted by Crippen LogP contribution is -2.37. The summed E-state index contributed by atoms with van der Waals surface area (Å²) in [4.78, 5) is 16.6. The summed E-state index contributed by atoms with van der Waals surface area (Å²) in [6, 6.07) is 10.8. The SMILES string of the molecule is C[C@H](Cc1ccco1)NC(=O)Nc1ccc(-c2noc(C3CCC3)n2)cc1. The quantitative estimate of drug-likeness (QED) is 0.676. The average Bonchev–Trinajstić information content (AvgIpc) is 3.26. The summed E-state index contributed by atoms with van der Waals surface area (Å²) in [7, 11) is 0. The van der Waals surface area contributed by atoms with Crippen molar-refractivity contribution in [1.82, 2.24) is 15.5 Å². The van der Waals surface area contributed by atoms with E-state index in [0.29, 0.717) is 23.9 Å². The van der Waals surface area contributed by atoms with Crippen LogP contribution in [0.1, 0.15) is 43.8 Å². The summed E-state index contributed by atoms with van der Waals surface area (Å²) in [5, 5.41) is 9.78. The summed E-state index contributed by atoms with van der Waals surface area (Å²) in [5.41, 5.74) is 1.56. The molecule has 0 aliphatic heterocycles. The topological polar surface area (TPSA) is 93.2 Å². The molecule has 1 fully saturated rings. The number of rotatable bonds is 6. The zero-order chi connectivity index (χ0) is 18.6. The van der Waals surface area contributed by atoms with Crippen LogP contribution in [0.2, 0.25) is 0 Å². The highest BCUT2D eigenvalue weighted by Crippen LogP contribution is 2.36. The Bertz CT molecular complexity index is 882. The van der Waals surface area contributed by atoms with Crippen LogP contribution in [0.3, 0.4) is 0 Å². The zero-order valence-electron chi connectivity index (χ0n) is 15.1. The number of urea groups is 1. The van der Waals surface area contributed by atoms with Gasteiger partial charge in [0.05, 0.1) is 6.26 Å². The van der Waals surface area contributed by atoms with Crippen molar-refractivity contribution in [2.75, 3.05) is 5.32 Å². The summed E-state index contributed by atoms with van der Waals surface area (Å²) in [6.45, 7) is 1.93. The fourth-order valence-electron chi connectivity index (χ4n) is 3.05. The third-order valence-corrected chi connectivity index (χ3v) is 4.76. The van der Waals surface area contributed by atoms with Crippen molar-refractivity contribution < 1.29 is 13.7 Å². The molecule has 7 nitrogen and oxygen atoms in total. The number of benzene rings is 1. The van der Waals surface area contributed by atoms with Crippen molar-refractivity contribution in [3.8, 4) is 11.4 Å². The van der Waals surface area contributed by atoms with E-state index in [4.69, 9.17) is 8.94 Å². The Balaban J connectivity index is 1.32. The van der Waals surface area contributed by atoms with Crippen molar-refractivity contribution in [1.29, 1.82) is 0 Å². The third kappa shape index (κ3) is 4.19. The Morgan fingerprint density at radius 2 is 2.07 bits per heavy atom. The molecule has 0 radical (unpaired) electrons. The maximum absolute atomic E-state index is 12.1. The van der Waals surface area contributed by atoms with Crippen LogP contribution in [0.5, 0.6) is 0 Å². The van der Waals surface area contributed by atoms with Gasteiger partial charge in [-0.1, -0.05) is 11.6 Å².